The predicted octanol–water partition coefficient (Wildman–Crippen LogP) is 4.28. The van der Waals surface area contributed by atoms with E-state index in [1.807, 2.05) is 12.1 Å². The third-order valence-electron chi connectivity index (χ3n) is 2.96. The summed E-state index contributed by atoms with van der Waals surface area (Å²) < 4.78 is 6.82. The number of nitrogens with zero attached hydrogens (tertiary/aromatic N) is 2. The molecule has 5 heteroatoms. The molecule has 0 unspecified atom stereocenters. The van der Waals surface area contributed by atoms with Crippen molar-refractivity contribution in [3.63, 3.8) is 0 Å². The Morgan fingerprint density at radius 3 is 2.95 bits per heavy atom. The Labute approximate surface area is 137 Å². The van der Waals surface area contributed by atoms with Gasteiger partial charge in [0.15, 0.2) is 0 Å². The highest BCUT2D eigenvalue weighted by Gasteiger charge is 2.03. The Kier molecular flexibility index (Phi) is 6.24. The monoisotopic (exact) mass is 364 g/mol. The summed E-state index contributed by atoms with van der Waals surface area (Å²) in [4.78, 5) is 3.64. The Bertz CT molecular complexity index is 621. The van der Waals surface area contributed by atoms with Gasteiger partial charge in [0.05, 0.1) is 18.2 Å². The first-order chi connectivity index (χ1) is 10.2. The molecule has 110 valence electrons. The second kappa shape index (κ2) is 8.18. The quantitative estimate of drug-likeness (QED) is 0.687. The zero-order valence-electron chi connectivity index (χ0n) is 11.9. The van der Waals surface area contributed by atoms with Gasteiger partial charge in [-0.2, -0.15) is 5.26 Å². The van der Waals surface area contributed by atoms with Crippen LogP contribution in [-0.2, 0) is 6.54 Å². The van der Waals surface area contributed by atoms with E-state index in [2.05, 4.69) is 45.4 Å². The van der Waals surface area contributed by atoms with Crippen LogP contribution >= 0.6 is 27.3 Å². The van der Waals surface area contributed by atoms with Gasteiger partial charge in [-0.05, 0) is 53.7 Å². The Morgan fingerprint density at radius 2 is 2.24 bits per heavy atom. The molecule has 0 saturated heterocycles. The summed E-state index contributed by atoms with van der Waals surface area (Å²) in [5.41, 5.74) is 0.632. The second-order valence-electron chi connectivity index (χ2n) is 4.81. The Balaban J connectivity index is 1.68. The molecule has 2 rings (SSSR count). The molecule has 0 spiro atoms. The highest BCUT2D eigenvalue weighted by Crippen LogP contribution is 2.20. The fourth-order valence-electron chi connectivity index (χ4n) is 1.96. The Hall–Kier alpha value is -1.35. The molecule has 0 radical (unpaired) electrons. The smallest absolute Gasteiger partial charge is 0.120 e. The molecule has 0 amide bonds. The minimum Gasteiger partial charge on any atom is -0.494 e. The van der Waals surface area contributed by atoms with E-state index < -0.39 is 0 Å². The zero-order chi connectivity index (χ0) is 15.1. The van der Waals surface area contributed by atoms with Crippen molar-refractivity contribution in [2.24, 2.45) is 0 Å². The average molecular weight is 365 g/mol. The highest BCUT2D eigenvalue weighted by molar-refractivity contribution is 9.10. The molecular formula is C16H17BrN2OS. The number of ether oxygens (including phenoxy) is 1. The summed E-state index contributed by atoms with van der Waals surface area (Å²) in [7, 11) is 2.12. The predicted molar refractivity (Wildman–Crippen MR) is 89.6 cm³/mol. The number of thiophene rings is 1. The maximum Gasteiger partial charge on any atom is 0.120 e. The average Bonchev–Trinajstić information content (AvgIpc) is 2.89. The van der Waals surface area contributed by atoms with E-state index in [-0.39, 0.29) is 0 Å². The van der Waals surface area contributed by atoms with Crippen molar-refractivity contribution in [3.05, 3.63) is 50.6 Å². The third-order valence-corrected chi connectivity index (χ3v) is 4.65. The lowest BCUT2D eigenvalue weighted by atomic mass is 10.2. The highest BCUT2D eigenvalue weighted by atomic mass is 79.9. The molecule has 0 saturated carbocycles. The van der Waals surface area contributed by atoms with E-state index in [0.717, 1.165) is 29.7 Å². The number of hydrogen-bond donors (Lipinski definition) is 0. The van der Waals surface area contributed by atoms with Gasteiger partial charge in [0.25, 0.3) is 0 Å². The van der Waals surface area contributed by atoms with Gasteiger partial charge in [-0.1, -0.05) is 6.07 Å². The van der Waals surface area contributed by atoms with E-state index in [9.17, 15) is 0 Å². The van der Waals surface area contributed by atoms with Crippen LogP contribution in [-0.4, -0.2) is 25.1 Å². The van der Waals surface area contributed by atoms with Crippen molar-refractivity contribution in [1.29, 1.82) is 5.26 Å². The molecular weight excluding hydrogens is 348 g/mol. The van der Waals surface area contributed by atoms with Gasteiger partial charge in [-0.15, -0.1) is 11.3 Å². The molecule has 0 atom stereocenters. The molecule has 0 aliphatic rings. The van der Waals surface area contributed by atoms with Gasteiger partial charge in [-0.25, -0.2) is 0 Å². The lowest BCUT2D eigenvalue weighted by molar-refractivity contribution is 0.260. The van der Waals surface area contributed by atoms with Crippen LogP contribution in [0.4, 0.5) is 0 Å². The van der Waals surface area contributed by atoms with Gasteiger partial charge in [-0.3, -0.25) is 0 Å². The van der Waals surface area contributed by atoms with Crippen molar-refractivity contribution in [3.8, 4) is 11.8 Å². The van der Waals surface area contributed by atoms with Crippen LogP contribution in [0.5, 0.6) is 5.75 Å². The van der Waals surface area contributed by atoms with Crippen molar-refractivity contribution in [2.75, 3.05) is 20.2 Å². The zero-order valence-corrected chi connectivity index (χ0v) is 14.3. The molecule has 1 heterocycles. The molecule has 0 fully saturated rings. The first kappa shape index (κ1) is 16.0. The molecule has 0 aliphatic heterocycles. The minimum absolute atomic E-state index is 0.632. The van der Waals surface area contributed by atoms with E-state index >= 15 is 0 Å². The molecule has 21 heavy (non-hydrogen) atoms. The van der Waals surface area contributed by atoms with Gasteiger partial charge in [0.1, 0.15) is 5.75 Å². The van der Waals surface area contributed by atoms with Crippen LogP contribution in [0.25, 0.3) is 0 Å². The molecule has 0 bridgehead atoms. The second-order valence-corrected chi connectivity index (χ2v) is 6.72. The van der Waals surface area contributed by atoms with Crippen LogP contribution in [0.2, 0.25) is 0 Å². The summed E-state index contributed by atoms with van der Waals surface area (Å²) in [5.74, 6) is 0.763. The molecule has 2 aromatic rings. The number of halogens is 1. The maximum absolute atomic E-state index is 8.83. The Morgan fingerprint density at radius 1 is 1.38 bits per heavy atom. The lowest BCUT2D eigenvalue weighted by Crippen LogP contribution is -2.20. The third kappa shape index (κ3) is 5.50. The fourth-order valence-corrected chi connectivity index (χ4v) is 3.49. The molecule has 3 nitrogen and oxygen atoms in total. The van der Waals surface area contributed by atoms with Gasteiger partial charge < -0.3 is 9.64 Å². The topological polar surface area (TPSA) is 36.3 Å². The van der Waals surface area contributed by atoms with E-state index in [1.54, 1.807) is 23.5 Å². The molecule has 0 aliphatic carbocycles. The number of rotatable bonds is 7. The van der Waals surface area contributed by atoms with E-state index in [4.69, 9.17) is 10.00 Å². The lowest BCUT2D eigenvalue weighted by Gasteiger charge is -2.15. The molecule has 1 aromatic carbocycles. The van der Waals surface area contributed by atoms with E-state index in [1.165, 1.54) is 4.88 Å². The maximum atomic E-state index is 8.83. The van der Waals surface area contributed by atoms with Gasteiger partial charge in [0.2, 0.25) is 0 Å². The number of benzene rings is 1. The van der Waals surface area contributed by atoms with Crippen molar-refractivity contribution < 1.29 is 4.74 Å². The van der Waals surface area contributed by atoms with Crippen molar-refractivity contribution in [1.82, 2.24) is 4.90 Å². The van der Waals surface area contributed by atoms with Crippen molar-refractivity contribution in [2.45, 2.75) is 13.0 Å². The standard InChI is InChI=1S/C16H17BrN2OS/c1-19(11-16-9-14(17)12-21-16)6-3-7-20-15-5-2-4-13(8-15)10-18/h2,4-5,8-9,12H,3,6-7,11H2,1H3. The van der Waals surface area contributed by atoms with Crippen LogP contribution in [0, 0.1) is 11.3 Å². The van der Waals surface area contributed by atoms with Crippen LogP contribution in [0.1, 0.15) is 16.9 Å². The number of hydrogen-bond acceptors (Lipinski definition) is 4. The summed E-state index contributed by atoms with van der Waals surface area (Å²) in [5, 5.41) is 10.9. The summed E-state index contributed by atoms with van der Waals surface area (Å²) in [6, 6.07) is 11.5. The van der Waals surface area contributed by atoms with Crippen LogP contribution in [0.3, 0.4) is 0 Å². The first-order valence-corrected chi connectivity index (χ1v) is 8.39. The van der Waals surface area contributed by atoms with Crippen LogP contribution < -0.4 is 4.74 Å². The number of nitriles is 1. The van der Waals surface area contributed by atoms with Crippen molar-refractivity contribution >= 4 is 27.3 Å². The summed E-state index contributed by atoms with van der Waals surface area (Å²) in [6.45, 7) is 2.60. The molecule has 0 N–H and O–H groups in total. The molecule has 1 aromatic heterocycles. The summed E-state index contributed by atoms with van der Waals surface area (Å²) in [6.07, 6.45) is 0.958. The van der Waals surface area contributed by atoms with Gasteiger partial charge in [0, 0.05) is 27.8 Å². The SMILES string of the molecule is CN(CCCOc1cccc(C#N)c1)Cc1cc(Br)cs1. The minimum atomic E-state index is 0.632. The van der Waals surface area contributed by atoms with E-state index in [0.29, 0.717) is 12.2 Å². The fraction of sp³-hybridized carbons (Fsp3) is 0.312. The summed E-state index contributed by atoms with van der Waals surface area (Å²) >= 11 is 5.24. The van der Waals surface area contributed by atoms with Gasteiger partial charge >= 0.3 is 0 Å². The normalized spacial score (nSPS) is 10.6. The largest absolute Gasteiger partial charge is 0.494 e. The van der Waals surface area contributed by atoms with Crippen LogP contribution in [0.15, 0.2) is 40.2 Å². The first-order valence-electron chi connectivity index (χ1n) is 6.72.